The largest absolute Gasteiger partial charge is 0.416 e. The van der Waals surface area contributed by atoms with Crippen LogP contribution < -0.4 is 0 Å². The summed E-state index contributed by atoms with van der Waals surface area (Å²) < 4.78 is 37.4. The van der Waals surface area contributed by atoms with E-state index in [1.807, 2.05) is 0 Å². The van der Waals surface area contributed by atoms with Gasteiger partial charge in [0.05, 0.1) is 11.2 Å². The first-order valence-electron chi connectivity index (χ1n) is 6.92. The molecule has 0 amide bonds. The van der Waals surface area contributed by atoms with Crippen LogP contribution in [0.25, 0.3) is 0 Å². The third-order valence-electron chi connectivity index (χ3n) is 4.08. The molecule has 3 atom stereocenters. The molecule has 1 aromatic rings. The van der Waals surface area contributed by atoms with E-state index in [9.17, 15) is 23.4 Å². The highest BCUT2D eigenvalue weighted by Crippen LogP contribution is 2.54. The van der Waals surface area contributed by atoms with Gasteiger partial charge in [0, 0.05) is 5.88 Å². The van der Waals surface area contributed by atoms with Crippen molar-refractivity contribution in [3.8, 4) is 0 Å². The standard InChI is InChI=1S/C15H18ClF3O2/c16-8-2-1-3-12-9-14(12,21)13(20)10-4-6-11(7-5-10)15(17,18)19/h4-7,12-13,20-21H,1-3,8-9H2/t12-,13-,14+/m1/s1. The van der Waals surface area contributed by atoms with Crippen molar-refractivity contribution in [1.82, 2.24) is 0 Å². The van der Waals surface area contributed by atoms with Crippen LogP contribution in [-0.4, -0.2) is 21.7 Å². The predicted molar refractivity (Wildman–Crippen MR) is 74.0 cm³/mol. The Morgan fingerprint density at radius 3 is 2.38 bits per heavy atom. The zero-order valence-corrected chi connectivity index (χ0v) is 12.2. The molecule has 0 saturated heterocycles. The van der Waals surface area contributed by atoms with Gasteiger partial charge in [-0.1, -0.05) is 18.6 Å². The summed E-state index contributed by atoms with van der Waals surface area (Å²) in [6, 6.07) is 4.29. The number of rotatable bonds is 6. The number of benzene rings is 1. The van der Waals surface area contributed by atoms with E-state index in [0.29, 0.717) is 17.9 Å². The molecule has 0 bridgehead atoms. The summed E-state index contributed by atoms with van der Waals surface area (Å²) in [5, 5.41) is 20.5. The van der Waals surface area contributed by atoms with Crippen LogP contribution in [0.4, 0.5) is 13.2 Å². The fourth-order valence-corrected chi connectivity index (χ4v) is 2.84. The maximum Gasteiger partial charge on any atom is 0.416 e. The summed E-state index contributed by atoms with van der Waals surface area (Å²) >= 11 is 5.58. The second kappa shape index (κ2) is 6.15. The van der Waals surface area contributed by atoms with Gasteiger partial charge < -0.3 is 10.2 Å². The fraction of sp³-hybridized carbons (Fsp3) is 0.600. The summed E-state index contributed by atoms with van der Waals surface area (Å²) in [4.78, 5) is 0. The molecule has 0 radical (unpaired) electrons. The van der Waals surface area contributed by atoms with Gasteiger partial charge in [-0.05, 0) is 42.9 Å². The summed E-state index contributed by atoms with van der Waals surface area (Å²) in [5.74, 6) is 0.546. The topological polar surface area (TPSA) is 40.5 Å². The van der Waals surface area contributed by atoms with E-state index in [2.05, 4.69) is 0 Å². The molecule has 0 unspecified atom stereocenters. The second-order valence-electron chi connectivity index (χ2n) is 5.60. The van der Waals surface area contributed by atoms with Crippen LogP contribution >= 0.6 is 11.6 Å². The highest BCUT2D eigenvalue weighted by molar-refractivity contribution is 6.17. The van der Waals surface area contributed by atoms with Crippen molar-refractivity contribution in [3.63, 3.8) is 0 Å². The molecule has 6 heteroatoms. The lowest BCUT2D eigenvalue weighted by atomic mass is 9.98. The molecular formula is C15H18ClF3O2. The van der Waals surface area contributed by atoms with Crippen LogP contribution in [-0.2, 0) is 6.18 Å². The molecule has 1 aliphatic rings. The van der Waals surface area contributed by atoms with Crippen molar-refractivity contribution in [3.05, 3.63) is 35.4 Å². The first-order chi connectivity index (χ1) is 9.79. The molecule has 0 heterocycles. The summed E-state index contributed by atoms with van der Waals surface area (Å²) in [6.45, 7) is 0. The van der Waals surface area contributed by atoms with Crippen LogP contribution in [0.2, 0.25) is 0 Å². The molecule has 1 aliphatic carbocycles. The Morgan fingerprint density at radius 1 is 1.24 bits per heavy atom. The number of hydrogen-bond acceptors (Lipinski definition) is 2. The van der Waals surface area contributed by atoms with E-state index in [1.165, 1.54) is 12.1 Å². The van der Waals surface area contributed by atoms with Gasteiger partial charge >= 0.3 is 6.18 Å². The SMILES string of the molecule is O[C@H](c1ccc(C(F)(F)F)cc1)[C@]1(O)C[C@H]1CCCCCl. The molecule has 2 nitrogen and oxygen atoms in total. The molecule has 21 heavy (non-hydrogen) atoms. The van der Waals surface area contributed by atoms with Gasteiger partial charge in [0.25, 0.3) is 0 Å². The molecule has 118 valence electrons. The van der Waals surface area contributed by atoms with E-state index >= 15 is 0 Å². The van der Waals surface area contributed by atoms with E-state index in [1.54, 1.807) is 0 Å². The minimum atomic E-state index is -4.40. The molecule has 0 spiro atoms. The van der Waals surface area contributed by atoms with E-state index in [-0.39, 0.29) is 5.92 Å². The number of unbranched alkanes of at least 4 members (excludes halogenated alkanes) is 1. The highest BCUT2D eigenvalue weighted by atomic mass is 35.5. The predicted octanol–water partition coefficient (Wildman–Crippen LogP) is 3.90. The van der Waals surface area contributed by atoms with Crippen LogP contribution in [0.3, 0.4) is 0 Å². The molecular weight excluding hydrogens is 305 g/mol. The minimum absolute atomic E-state index is 0.0157. The molecule has 2 N–H and O–H groups in total. The van der Waals surface area contributed by atoms with Gasteiger partial charge in [-0.3, -0.25) is 0 Å². The second-order valence-corrected chi connectivity index (χ2v) is 5.98. The quantitative estimate of drug-likeness (QED) is 0.616. The van der Waals surface area contributed by atoms with E-state index < -0.39 is 23.4 Å². The third kappa shape index (κ3) is 3.71. The first kappa shape index (κ1) is 16.6. The average molecular weight is 323 g/mol. The molecule has 1 fully saturated rings. The Morgan fingerprint density at radius 2 is 1.86 bits per heavy atom. The first-order valence-corrected chi connectivity index (χ1v) is 7.46. The Labute approximate surface area is 126 Å². The summed E-state index contributed by atoms with van der Waals surface area (Å²) in [6.07, 6.45) is -2.59. The Hall–Kier alpha value is -0.780. The highest BCUT2D eigenvalue weighted by Gasteiger charge is 2.57. The molecule has 1 saturated carbocycles. The van der Waals surface area contributed by atoms with Gasteiger partial charge in [0.1, 0.15) is 6.10 Å². The van der Waals surface area contributed by atoms with Gasteiger partial charge in [0.15, 0.2) is 0 Å². The van der Waals surface area contributed by atoms with Crippen LogP contribution in [0.15, 0.2) is 24.3 Å². The average Bonchev–Trinajstić information content (AvgIpc) is 3.10. The molecule has 1 aromatic carbocycles. The third-order valence-corrected chi connectivity index (χ3v) is 4.35. The Kier molecular flexibility index (Phi) is 4.85. The van der Waals surface area contributed by atoms with Gasteiger partial charge in [-0.15, -0.1) is 11.6 Å². The van der Waals surface area contributed by atoms with Crippen molar-refractivity contribution in [2.24, 2.45) is 5.92 Å². The van der Waals surface area contributed by atoms with Gasteiger partial charge in [0.2, 0.25) is 0 Å². The molecule has 0 aromatic heterocycles. The zero-order valence-electron chi connectivity index (χ0n) is 11.4. The maximum absolute atomic E-state index is 12.5. The van der Waals surface area contributed by atoms with Gasteiger partial charge in [-0.2, -0.15) is 13.2 Å². The van der Waals surface area contributed by atoms with Crippen molar-refractivity contribution >= 4 is 11.6 Å². The van der Waals surface area contributed by atoms with Crippen molar-refractivity contribution in [2.75, 3.05) is 5.88 Å². The maximum atomic E-state index is 12.5. The van der Waals surface area contributed by atoms with Crippen molar-refractivity contribution < 1.29 is 23.4 Å². The van der Waals surface area contributed by atoms with Crippen molar-refractivity contribution in [1.29, 1.82) is 0 Å². The van der Waals surface area contributed by atoms with Crippen LogP contribution in [0, 0.1) is 5.92 Å². The molecule has 2 rings (SSSR count). The van der Waals surface area contributed by atoms with E-state index in [4.69, 9.17) is 11.6 Å². The smallest absolute Gasteiger partial charge is 0.387 e. The monoisotopic (exact) mass is 322 g/mol. The van der Waals surface area contributed by atoms with E-state index in [0.717, 1.165) is 31.4 Å². The normalized spacial score (nSPS) is 26.7. The lowest BCUT2D eigenvalue weighted by Gasteiger charge is -2.19. The Balaban J connectivity index is 1.99. The number of halogens is 4. The number of hydrogen-bond donors (Lipinski definition) is 2. The minimum Gasteiger partial charge on any atom is -0.387 e. The summed E-state index contributed by atoms with van der Waals surface area (Å²) in [5.41, 5.74) is -1.67. The lowest BCUT2D eigenvalue weighted by Crippen LogP contribution is -2.22. The molecule has 0 aliphatic heterocycles. The van der Waals surface area contributed by atoms with Crippen molar-refractivity contribution in [2.45, 2.75) is 43.6 Å². The fourth-order valence-electron chi connectivity index (χ4n) is 2.65. The number of aliphatic hydroxyl groups is 2. The zero-order chi connectivity index (χ0) is 15.7. The van der Waals surface area contributed by atoms with Gasteiger partial charge in [-0.25, -0.2) is 0 Å². The van der Waals surface area contributed by atoms with Crippen LogP contribution in [0.5, 0.6) is 0 Å². The van der Waals surface area contributed by atoms with Crippen LogP contribution in [0.1, 0.15) is 42.9 Å². The number of alkyl halides is 4. The lowest BCUT2D eigenvalue weighted by molar-refractivity contribution is -0.137. The number of aliphatic hydroxyl groups excluding tert-OH is 1. The Bertz CT molecular complexity index is 475. The summed E-state index contributed by atoms with van der Waals surface area (Å²) in [7, 11) is 0.